The van der Waals surface area contributed by atoms with Crippen LogP contribution in [0.1, 0.15) is 34.6 Å². The van der Waals surface area contributed by atoms with Crippen LogP contribution in [0.2, 0.25) is 0 Å². The van der Waals surface area contributed by atoms with E-state index in [2.05, 4.69) is 0 Å². The Morgan fingerprint density at radius 2 is 1.94 bits per heavy atom. The number of aliphatic hydroxyl groups is 1. The molecule has 100 valence electrons. The van der Waals surface area contributed by atoms with Crippen LogP contribution in [0.15, 0.2) is 12.2 Å². The second-order valence-corrected chi connectivity index (χ2v) is 5.44. The van der Waals surface area contributed by atoms with Gasteiger partial charge in [-0.25, -0.2) is 4.79 Å². The SMILES string of the molecule is CC(C)[C@@H](/C=C/CO)N(C)C(=O)OC(C)(C)C. The number of nitrogens with zero attached hydrogens (tertiary/aromatic N) is 1. The first-order chi connectivity index (χ1) is 7.69. The lowest BCUT2D eigenvalue weighted by molar-refractivity contribution is 0.0223. The summed E-state index contributed by atoms with van der Waals surface area (Å²) in [7, 11) is 1.71. The van der Waals surface area contributed by atoms with Crippen molar-refractivity contribution in [1.29, 1.82) is 0 Å². The highest BCUT2D eigenvalue weighted by Gasteiger charge is 2.25. The largest absolute Gasteiger partial charge is 0.444 e. The number of ether oxygens (including phenoxy) is 1. The van der Waals surface area contributed by atoms with Gasteiger partial charge in [-0.2, -0.15) is 0 Å². The molecule has 17 heavy (non-hydrogen) atoms. The average Bonchev–Trinajstić information content (AvgIpc) is 2.14. The van der Waals surface area contributed by atoms with Crippen molar-refractivity contribution >= 4 is 6.09 Å². The maximum atomic E-state index is 11.9. The van der Waals surface area contributed by atoms with Crippen molar-refractivity contribution < 1.29 is 14.6 Å². The molecule has 0 spiro atoms. The zero-order valence-corrected chi connectivity index (χ0v) is 11.7. The molecule has 0 unspecified atom stereocenters. The summed E-state index contributed by atoms with van der Waals surface area (Å²) in [5.41, 5.74) is -0.492. The third-order valence-corrected chi connectivity index (χ3v) is 2.25. The summed E-state index contributed by atoms with van der Waals surface area (Å²) in [6.45, 7) is 9.54. The Labute approximate surface area is 104 Å². The van der Waals surface area contributed by atoms with E-state index in [1.54, 1.807) is 18.0 Å². The number of aliphatic hydroxyl groups excluding tert-OH is 1. The summed E-state index contributed by atoms with van der Waals surface area (Å²) in [6, 6.07) is -0.0722. The number of hydrogen-bond acceptors (Lipinski definition) is 3. The van der Waals surface area contributed by atoms with Gasteiger partial charge < -0.3 is 14.7 Å². The molecule has 1 N–H and O–H groups in total. The lowest BCUT2D eigenvalue weighted by Crippen LogP contribution is -2.42. The van der Waals surface area contributed by atoms with Crippen molar-refractivity contribution in [2.45, 2.75) is 46.3 Å². The molecule has 0 aliphatic rings. The number of likely N-dealkylation sites (N-methyl/N-ethyl adjacent to an activating group) is 1. The number of carbonyl (C=O) groups excluding carboxylic acids is 1. The van der Waals surface area contributed by atoms with Gasteiger partial charge in [0.15, 0.2) is 0 Å². The minimum Gasteiger partial charge on any atom is -0.444 e. The molecule has 0 saturated heterocycles. The van der Waals surface area contributed by atoms with E-state index in [-0.39, 0.29) is 24.7 Å². The molecule has 0 aliphatic heterocycles. The monoisotopic (exact) mass is 243 g/mol. The Balaban J connectivity index is 4.67. The van der Waals surface area contributed by atoms with Crippen molar-refractivity contribution in [2.24, 2.45) is 5.92 Å². The van der Waals surface area contributed by atoms with Crippen molar-refractivity contribution in [1.82, 2.24) is 4.90 Å². The lowest BCUT2D eigenvalue weighted by atomic mass is 10.0. The molecule has 4 heteroatoms. The molecule has 0 aromatic rings. The molecule has 0 aromatic carbocycles. The summed E-state index contributed by atoms with van der Waals surface area (Å²) in [4.78, 5) is 13.4. The van der Waals surface area contributed by atoms with Gasteiger partial charge in [-0.3, -0.25) is 0 Å². The van der Waals surface area contributed by atoms with E-state index in [9.17, 15) is 4.79 Å². The molecule has 0 bridgehead atoms. The van der Waals surface area contributed by atoms with E-state index >= 15 is 0 Å². The molecule has 0 aliphatic carbocycles. The van der Waals surface area contributed by atoms with Crippen LogP contribution in [-0.4, -0.2) is 41.4 Å². The number of carbonyl (C=O) groups is 1. The van der Waals surface area contributed by atoms with E-state index in [1.807, 2.05) is 40.7 Å². The Bertz CT molecular complexity index is 266. The zero-order valence-electron chi connectivity index (χ0n) is 11.7. The fraction of sp³-hybridized carbons (Fsp3) is 0.769. The number of hydrogen-bond donors (Lipinski definition) is 1. The molecule has 0 rings (SSSR count). The van der Waals surface area contributed by atoms with Crippen LogP contribution in [0.3, 0.4) is 0 Å². The summed E-state index contributed by atoms with van der Waals surface area (Å²) < 4.78 is 5.30. The van der Waals surface area contributed by atoms with E-state index in [0.29, 0.717) is 0 Å². The van der Waals surface area contributed by atoms with Crippen molar-refractivity contribution in [3.63, 3.8) is 0 Å². The van der Waals surface area contributed by atoms with Gasteiger partial charge in [-0.1, -0.05) is 26.0 Å². The first kappa shape index (κ1) is 16.0. The average molecular weight is 243 g/mol. The molecule has 0 heterocycles. The fourth-order valence-electron chi connectivity index (χ4n) is 1.45. The zero-order chi connectivity index (χ0) is 13.6. The minimum atomic E-state index is -0.492. The van der Waals surface area contributed by atoms with Gasteiger partial charge in [0.2, 0.25) is 0 Å². The van der Waals surface area contributed by atoms with E-state index in [1.165, 1.54) is 0 Å². The van der Waals surface area contributed by atoms with Crippen LogP contribution in [0.5, 0.6) is 0 Å². The summed E-state index contributed by atoms with van der Waals surface area (Å²) in [5, 5.41) is 8.78. The molecule has 0 fully saturated rings. The predicted molar refractivity (Wildman–Crippen MR) is 68.8 cm³/mol. The minimum absolute atomic E-state index is 0.0224. The van der Waals surface area contributed by atoms with Crippen molar-refractivity contribution in [3.8, 4) is 0 Å². The fourth-order valence-corrected chi connectivity index (χ4v) is 1.45. The van der Waals surface area contributed by atoms with Gasteiger partial charge in [-0.05, 0) is 26.7 Å². The van der Waals surface area contributed by atoms with Crippen LogP contribution in [0.25, 0.3) is 0 Å². The third kappa shape index (κ3) is 6.31. The first-order valence-electron chi connectivity index (χ1n) is 5.92. The van der Waals surface area contributed by atoms with E-state index in [4.69, 9.17) is 9.84 Å². The molecule has 1 amide bonds. The Hall–Kier alpha value is -1.03. The van der Waals surface area contributed by atoms with E-state index < -0.39 is 5.60 Å². The Morgan fingerprint density at radius 3 is 2.29 bits per heavy atom. The first-order valence-corrected chi connectivity index (χ1v) is 5.92. The van der Waals surface area contributed by atoms with Crippen molar-refractivity contribution in [2.75, 3.05) is 13.7 Å². The predicted octanol–water partition coefficient (Wildman–Crippen LogP) is 2.43. The van der Waals surface area contributed by atoms with Gasteiger partial charge in [-0.15, -0.1) is 0 Å². The van der Waals surface area contributed by atoms with Gasteiger partial charge in [0.05, 0.1) is 12.6 Å². The lowest BCUT2D eigenvalue weighted by Gasteiger charge is -2.31. The van der Waals surface area contributed by atoms with Gasteiger partial charge >= 0.3 is 6.09 Å². The van der Waals surface area contributed by atoms with Crippen molar-refractivity contribution in [3.05, 3.63) is 12.2 Å². The molecule has 0 saturated carbocycles. The third-order valence-electron chi connectivity index (χ3n) is 2.25. The van der Waals surface area contributed by atoms with Crippen LogP contribution in [0.4, 0.5) is 4.79 Å². The molecule has 0 radical (unpaired) electrons. The Morgan fingerprint density at radius 1 is 1.41 bits per heavy atom. The molecular formula is C13H25NO3. The second-order valence-electron chi connectivity index (χ2n) is 5.44. The van der Waals surface area contributed by atoms with E-state index in [0.717, 1.165) is 0 Å². The molecular weight excluding hydrogens is 218 g/mol. The maximum absolute atomic E-state index is 11.9. The molecule has 0 aromatic heterocycles. The van der Waals surface area contributed by atoms with Gasteiger partial charge in [0.1, 0.15) is 5.60 Å². The molecule has 1 atom stereocenters. The smallest absolute Gasteiger partial charge is 0.410 e. The number of rotatable bonds is 4. The van der Waals surface area contributed by atoms with Crippen LogP contribution in [0, 0.1) is 5.92 Å². The van der Waals surface area contributed by atoms with Crippen LogP contribution >= 0.6 is 0 Å². The second kappa shape index (κ2) is 6.64. The topological polar surface area (TPSA) is 49.8 Å². The highest BCUT2D eigenvalue weighted by molar-refractivity contribution is 5.68. The Kier molecular flexibility index (Phi) is 6.24. The van der Waals surface area contributed by atoms with Crippen LogP contribution < -0.4 is 0 Å². The normalized spacial score (nSPS) is 14.1. The summed E-state index contributed by atoms with van der Waals surface area (Å²) in [5.74, 6) is 0.260. The quantitative estimate of drug-likeness (QED) is 0.771. The highest BCUT2D eigenvalue weighted by atomic mass is 16.6. The standard InChI is InChI=1S/C13H25NO3/c1-10(2)11(8-7-9-15)14(6)12(16)17-13(3,4)5/h7-8,10-11,15H,9H2,1-6H3/b8-7+/t11-/m1/s1. The highest BCUT2D eigenvalue weighted by Crippen LogP contribution is 2.15. The maximum Gasteiger partial charge on any atom is 0.410 e. The van der Waals surface area contributed by atoms with Gasteiger partial charge in [0, 0.05) is 7.05 Å². The van der Waals surface area contributed by atoms with Gasteiger partial charge in [0.25, 0.3) is 0 Å². The summed E-state index contributed by atoms with van der Waals surface area (Å²) >= 11 is 0. The van der Waals surface area contributed by atoms with Crippen LogP contribution in [-0.2, 0) is 4.74 Å². The number of amides is 1. The molecule has 4 nitrogen and oxygen atoms in total. The summed E-state index contributed by atoms with van der Waals surface area (Å²) in [6.07, 6.45) is 3.12.